The maximum atomic E-state index is 12.6. The molecule has 0 aliphatic rings. The Bertz CT molecular complexity index is 677. The van der Waals surface area contributed by atoms with Gasteiger partial charge in [0.15, 0.2) is 11.5 Å². The fourth-order valence-corrected chi connectivity index (χ4v) is 3.01. The molecule has 3 N–H and O–H groups in total. The van der Waals surface area contributed by atoms with Crippen LogP contribution in [0.3, 0.4) is 0 Å². The number of rotatable bonds is 9. The summed E-state index contributed by atoms with van der Waals surface area (Å²) in [5.41, 5.74) is 8.60. The number of hydrogen-bond donors (Lipinski definition) is 2. The highest BCUT2D eigenvalue weighted by Crippen LogP contribution is 2.29. The van der Waals surface area contributed by atoms with E-state index in [9.17, 15) is 4.79 Å². The lowest BCUT2D eigenvalue weighted by Gasteiger charge is -2.31. The van der Waals surface area contributed by atoms with Crippen molar-refractivity contribution in [3.05, 3.63) is 40.3 Å². The van der Waals surface area contributed by atoms with Gasteiger partial charge in [-0.3, -0.25) is 4.79 Å². The van der Waals surface area contributed by atoms with Gasteiger partial charge in [0.1, 0.15) is 6.61 Å². The number of nitrogens with one attached hydrogen (secondary N) is 1. The minimum absolute atomic E-state index is 0.168. The van der Waals surface area contributed by atoms with Crippen molar-refractivity contribution in [2.45, 2.75) is 38.8 Å². The van der Waals surface area contributed by atoms with Crippen molar-refractivity contribution < 1.29 is 14.3 Å². The number of carbonyl (C=O) groups excluding carboxylic acids is 1. The van der Waals surface area contributed by atoms with Gasteiger partial charge >= 0.3 is 0 Å². The van der Waals surface area contributed by atoms with E-state index in [1.165, 1.54) is 11.3 Å². The molecular formula is C18H25N3O3S. The van der Waals surface area contributed by atoms with Gasteiger partial charge in [0.05, 0.1) is 23.9 Å². The van der Waals surface area contributed by atoms with Crippen LogP contribution in [-0.2, 0) is 6.61 Å². The number of aromatic nitrogens is 1. The first-order valence-electron chi connectivity index (χ1n) is 8.28. The molecule has 1 amide bonds. The van der Waals surface area contributed by atoms with E-state index in [2.05, 4.69) is 10.3 Å². The van der Waals surface area contributed by atoms with E-state index in [0.29, 0.717) is 30.2 Å². The Morgan fingerprint density at radius 1 is 1.32 bits per heavy atom. The van der Waals surface area contributed by atoms with Crippen LogP contribution in [0.15, 0.2) is 29.1 Å². The van der Waals surface area contributed by atoms with Crippen LogP contribution in [0, 0.1) is 0 Å². The van der Waals surface area contributed by atoms with Crippen LogP contribution in [0.25, 0.3) is 0 Å². The number of benzene rings is 1. The zero-order valence-corrected chi connectivity index (χ0v) is 15.7. The molecule has 0 bridgehead atoms. The quantitative estimate of drug-likeness (QED) is 0.715. The van der Waals surface area contributed by atoms with Crippen molar-refractivity contribution in [2.24, 2.45) is 5.73 Å². The largest absolute Gasteiger partial charge is 0.493 e. The van der Waals surface area contributed by atoms with Crippen molar-refractivity contribution in [1.82, 2.24) is 10.3 Å². The van der Waals surface area contributed by atoms with Gasteiger partial charge in [-0.15, -0.1) is 11.3 Å². The number of hydrogen-bond acceptors (Lipinski definition) is 6. The summed E-state index contributed by atoms with van der Waals surface area (Å²) in [6.45, 7) is 4.80. The number of methoxy groups -OCH3 is 1. The van der Waals surface area contributed by atoms with Crippen molar-refractivity contribution >= 4 is 17.2 Å². The molecule has 1 aromatic carbocycles. The van der Waals surface area contributed by atoms with Gasteiger partial charge in [0.25, 0.3) is 5.91 Å². The number of nitrogens with two attached hydrogens (primary N) is 1. The highest BCUT2D eigenvalue weighted by molar-refractivity contribution is 7.07. The molecule has 25 heavy (non-hydrogen) atoms. The van der Waals surface area contributed by atoms with E-state index in [0.717, 1.165) is 18.5 Å². The summed E-state index contributed by atoms with van der Waals surface area (Å²) >= 11 is 1.52. The van der Waals surface area contributed by atoms with Crippen LogP contribution in [0.1, 0.15) is 42.7 Å². The molecule has 7 heteroatoms. The average Bonchev–Trinajstić information content (AvgIpc) is 3.17. The van der Waals surface area contributed by atoms with E-state index in [1.807, 2.05) is 19.2 Å². The van der Waals surface area contributed by atoms with Gasteiger partial charge < -0.3 is 20.5 Å². The summed E-state index contributed by atoms with van der Waals surface area (Å²) in [5.74, 6) is 0.913. The second kappa shape index (κ2) is 8.82. The van der Waals surface area contributed by atoms with Gasteiger partial charge in [-0.2, -0.15) is 0 Å². The van der Waals surface area contributed by atoms with Crippen molar-refractivity contribution in [3.63, 3.8) is 0 Å². The Hall–Kier alpha value is -2.12. The predicted molar refractivity (Wildman–Crippen MR) is 99.3 cm³/mol. The summed E-state index contributed by atoms with van der Waals surface area (Å²) in [7, 11) is 1.55. The summed E-state index contributed by atoms with van der Waals surface area (Å²) in [4.78, 5) is 16.8. The van der Waals surface area contributed by atoms with E-state index in [-0.39, 0.29) is 11.4 Å². The third-order valence-electron chi connectivity index (χ3n) is 4.41. The third-order valence-corrected chi connectivity index (χ3v) is 5.04. The molecule has 0 radical (unpaired) electrons. The van der Waals surface area contributed by atoms with Crippen molar-refractivity contribution in [1.29, 1.82) is 0 Å². The molecule has 0 spiro atoms. The number of carbonyl (C=O) groups is 1. The Morgan fingerprint density at radius 3 is 2.64 bits per heavy atom. The molecule has 0 unspecified atom stereocenters. The standard InChI is InChI=1S/C18H25N3O3S/c1-4-18(5-2,11-19)21-17(22)13-6-7-15(16(8-13)23-3)24-9-14-10-25-12-20-14/h6-8,10,12H,4-5,9,11,19H2,1-3H3,(H,21,22). The first-order valence-corrected chi connectivity index (χ1v) is 9.22. The van der Waals surface area contributed by atoms with Crippen LogP contribution in [0.4, 0.5) is 0 Å². The van der Waals surface area contributed by atoms with E-state index in [4.69, 9.17) is 15.2 Å². The van der Waals surface area contributed by atoms with Crippen LogP contribution < -0.4 is 20.5 Å². The second-order valence-electron chi connectivity index (χ2n) is 5.78. The van der Waals surface area contributed by atoms with Crippen LogP contribution >= 0.6 is 11.3 Å². The minimum Gasteiger partial charge on any atom is -0.493 e. The van der Waals surface area contributed by atoms with Crippen molar-refractivity contribution in [3.8, 4) is 11.5 Å². The van der Waals surface area contributed by atoms with Crippen molar-refractivity contribution in [2.75, 3.05) is 13.7 Å². The Balaban J connectivity index is 2.13. The topological polar surface area (TPSA) is 86.5 Å². The smallest absolute Gasteiger partial charge is 0.251 e. The third kappa shape index (κ3) is 4.70. The van der Waals surface area contributed by atoms with Crippen LogP contribution in [0.5, 0.6) is 11.5 Å². The SMILES string of the molecule is CCC(CC)(CN)NC(=O)c1ccc(OCc2cscn2)c(OC)c1. The number of thiazole rings is 1. The Kier molecular flexibility index (Phi) is 6.78. The minimum atomic E-state index is -0.385. The highest BCUT2D eigenvalue weighted by Gasteiger charge is 2.27. The second-order valence-corrected chi connectivity index (χ2v) is 6.50. The lowest BCUT2D eigenvalue weighted by molar-refractivity contribution is 0.0895. The summed E-state index contributed by atoms with van der Waals surface area (Å²) < 4.78 is 11.1. The average molecular weight is 363 g/mol. The molecule has 2 rings (SSSR count). The molecule has 0 saturated heterocycles. The molecule has 136 valence electrons. The fourth-order valence-electron chi connectivity index (χ4n) is 2.47. The molecule has 1 aromatic heterocycles. The van der Waals surface area contributed by atoms with Crippen LogP contribution in [-0.4, -0.2) is 30.1 Å². The van der Waals surface area contributed by atoms with Gasteiger partial charge in [-0.1, -0.05) is 13.8 Å². The van der Waals surface area contributed by atoms with Gasteiger partial charge in [0, 0.05) is 17.5 Å². The summed E-state index contributed by atoms with van der Waals surface area (Å²) in [6, 6.07) is 5.14. The first kappa shape index (κ1) is 19.2. The fraction of sp³-hybridized carbons (Fsp3) is 0.444. The lowest BCUT2D eigenvalue weighted by atomic mass is 9.92. The number of ether oxygens (including phenoxy) is 2. The first-order chi connectivity index (χ1) is 12.1. The zero-order chi connectivity index (χ0) is 18.3. The van der Waals surface area contributed by atoms with E-state index < -0.39 is 0 Å². The van der Waals surface area contributed by atoms with E-state index >= 15 is 0 Å². The van der Waals surface area contributed by atoms with Gasteiger partial charge in [-0.25, -0.2) is 4.98 Å². The van der Waals surface area contributed by atoms with Gasteiger partial charge in [-0.05, 0) is 31.0 Å². The molecule has 6 nitrogen and oxygen atoms in total. The predicted octanol–water partition coefficient (Wildman–Crippen LogP) is 2.98. The lowest BCUT2D eigenvalue weighted by Crippen LogP contribution is -2.52. The molecule has 0 saturated carbocycles. The highest BCUT2D eigenvalue weighted by atomic mass is 32.1. The monoisotopic (exact) mass is 363 g/mol. The Morgan fingerprint density at radius 2 is 2.08 bits per heavy atom. The Labute approximate surface area is 152 Å². The summed E-state index contributed by atoms with van der Waals surface area (Å²) in [5, 5.41) is 4.98. The molecule has 0 atom stereocenters. The molecule has 0 fully saturated rings. The zero-order valence-electron chi connectivity index (χ0n) is 14.9. The molecule has 2 aromatic rings. The maximum absolute atomic E-state index is 12.6. The molecule has 0 aliphatic carbocycles. The molecule has 0 aliphatic heterocycles. The van der Waals surface area contributed by atoms with Crippen LogP contribution in [0.2, 0.25) is 0 Å². The van der Waals surface area contributed by atoms with E-state index in [1.54, 1.807) is 30.8 Å². The maximum Gasteiger partial charge on any atom is 0.251 e. The molecular weight excluding hydrogens is 338 g/mol. The number of amides is 1. The normalized spacial score (nSPS) is 11.2. The number of nitrogens with zero attached hydrogens (tertiary/aromatic N) is 1. The molecule has 1 heterocycles. The summed E-state index contributed by atoms with van der Waals surface area (Å²) in [6.07, 6.45) is 1.55. The van der Waals surface area contributed by atoms with Gasteiger partial charge in [0.2, 0.25) is 0 Å².